The normalized spacial score (nSPS) is 10.2. The Labute approximate surface area is 76.0 Å². The van der Waals surface area contributed by atoms with Crippen molar-refractivity contribution in [2.75, 3.05) is 19.0 Å². The molecule has 1 heterocycles. The van der Waals surface area contributed by atoms with Crippen LogP contribution in [-0.4, -0.2) is 45.7 Å². The first-order valence-electron chi connectivity index (χ1n) is 3.91. The van der Waals surface area contributed by atoms with Crippen LogP contribution in [0.25, 0.3) is 0 Å². The molecule has 0 aliphatic carbocycles. The number of hydrogen-bond donors (Lipinski definition) is 4. The molecule has 6 nitrogen and oxygen atoms in total. The standard InChI is InChI=1S/C6H12BN3O3/c1-8-6-4-5(7(12)13)10(9-6)2-3-11/h4,11-13H,2-3H2,1H3,(H,8,9). The Morgan fingerprint density at radius 3 is 2.77 bits per heavy atom. The summed E-state index contributed by atoms with van der Waals surface area (Å²) >= 11 is 0. The van der Waals surface area contributed by atoms with Gasteiger partial charge in [-0.15, -0.1) is 0 Å². The third-order valence-electron chi connectivity index (χ3n) is 1.64. The Morgan fingerprint density at radius 1 is 1.62 bits per heavy atom. The molecule has 13 heavy (non-hydrogen) atoms. The Morgan fingerprint density at radius 2 is 2.31 bits per heavy atom. The van der Waals surface area contributed by atoms with Crippen molar-refractivity contribution in [3.63, 3.8) is 0 Å². The van der Waals surface area contributed by atoms with Crippen LogP contribution >= 0.6 is 0 Å². The summed E-state index contributed by atoms with van der Waals surface area (Å²) in [5.74, 6) is 0.538. The largest absolute Gasteiger partial charge is 0.507 e. The monoisotopic (exact) mass is 185 g/mol. The van der Waals surface area contributed by atoms with E-state index in [4.69, 9.17) is 15.2 Å². The van der Waals surface area contributed by atoms with E-state index in [0.29, 0.717) is 5.82 Å². The fourth-order valence-electron chi connectivity index (χ4n) is 1.04. The average Bonchev–Trinajstić information content (AvgIpc) is 2.48. The number of hydrogen-bond acceptors (Lipinski definition) is 5. The fourth-order valence-corrected chi connectivity index (χ4v) is 1.04. The Kier molecular flexibility index (Phi) is 3.29. The fraction of sp³-hybridized carbons (Fsp3) is 0.500. The van der Waals surface area contributed by atoms with Crippen LogP contribution in [0, 0.1) is 0 Å². The first kappa shape index (κ1) is 10.0. The Balaban J connectivity index is 2.93. The molecular formula is C6H12BN3O3. The van der Waals surface area contributed by atoms with Gasteiger partial charge in [0.05, 0.1) is 18.7 Å². The summed E-state index contributed by atoms with van der Waals surface area (Å²) < 4.78 is 1.34. The third-order valence-corrected chi connectivity index (χ3v) is 1.64. The number of aliphatic hydroxyl groups is 1. The maximum absolute atomic E-state index is 8.93. The molecule has 0 aliphatic rings. The molecule has 1 aromatic heterocycles. The summed E-state index contributed by atoms with van der Waals surface area (Å²) in [5, 5.41) is 33.2. The number of nitrogens with zero attached hydrogens (tertiary/aromatic N) is 2. The van der Waals surface area contributed by atoms with Crippen LogP contribution in [0.1, 0.15) is 0 Å². The molecule has 0 spiro atoms. The second kappa shape index (κ2) is 4.26. The number of nitrogens with one attached hydrogen (secondary N) is 1. The third kappa shape index (κ3) is 2.21. The molecule has 0 bridgehead atoms. The van der Waals surface area contributed by atoms with Crippen molar-refractivity contribution < 1.29 is 15.2 Å². The number of rotatable bonds is 4. The van der Waals surface area contributed by atoms with E-state index in [1.54, 1.807) is 7.05 Å². The highest BCUT2D eigenvalue weighted by Crippen LogP contribution is 1.98. The van der Waals surface area contributed by atoms with Gasteiger partial charge in [0, 0.05) is 7.05 Å². The number of aliphatic hydroxyl groups excluding tert-OH is 1. The minimum absolute atomic E-state index is 0.0927. The van der Waals surface area contributed by atoms with Gasteiger partial charge >= 0.3 is 7.12 Å². The van der Waals surface area contributed by atoms with E-state index in [1.165, 1.54) is 10.7 Å². The van der Waals surface area contributed by atoms with Crippen molar-refractivity contribution in [2.24, 2.45) is 0 Å². The van der Waals surface area contributed by atoms with Crippen molar-refractivity contribution in [3.05, 3.63) is 6.07 Å². The highest BCUT2D eigenvalue weighted by Gasteiger charge is 2.18. The lowest BCUT2D eigenvalue weighted by Crippen LogP contribution is -2.37. The van der Waals surface area contributed by atoms with Crippen LogP contribution in [-0.2, 0) is 6.54 Å². The van der Waals surface area contributed by atoms with Gasteiger partial charge in [-0.05, 0) is 6.07 Å². The van der Waals surface area contributed by atoms with Crippen LogP contribution in [0.15, 0.2) is 6.07 Å². The summed E-state index contributed by atoms with van der Waals surface area (Å²) in [4.78, 5) is 0. The van der Waals surface area contributed by atoms with Gasteiger partial charge in [0.1, 0.15) is 5.82 Å². The van der Waals surface area contributed by atoms with Crippen molar-refractivity contribution >= 4 is 18.5 Å². The average molecular weight is 185 g/mol. The van der Waals surface area contributed by atoms with Gasteiger partial charge in [-0.1, -0.05) is 0 Å². The van der Waals surface area contributed by atoms with E-state index < -0.39 is 7.12 Å². The van der Waals surface area contributed by atoms with Gasteiger partial charge in [-0.25, -0.2) is 0 Å². The van der Waals surface area contributed by atoms with Crippen LogP contribution in [0.2, 0.25) is 0 Å². The van der Waals surface area contributed by atoms with E-state index in [2.05, 4.69) is 10.4 Å². The molecule has 0 amide bonds. The molecule has 0 atom stereocenters. The van der Waals surface area contributed by atoms with Gasteiger partial charge in [0.15, 0.2) is 0 Å². The molecule has 0 aliphatic heterocycles. The second-order valence-corrected chi connectivity index (χ2v) is 2.52. The van der Waals surface area contributed by atoms with Gasteiger partial charge in [-0.3, -0.25) is 4.68 Å². The predicted molar refractivity (Wildman–Crippen MR) is 48.7 cm³/mol. The van der Waals surface area contributed by atoms with Crippen LogP contribution < -0.4 is 10.9 Å². The molecular weight excluding hydrogens is 173 g/mol. The maximum Gasteiger partial charge on any atom is 0.507 e. The highest BCUT2D eigenvalue weighted by molar-refractivity contribution is 6.57. The minimum Gasteiger partial charge on any atom is -0.422 e. The van der Waals surface area contributed by atoms with Gasteiger partial charge < -0.3 is 20.5 Å². The van der Waals surface area contributed by atoms with Crippen molar-refractivity contribution in [2.45, 2.75) is 6.54 Å². The lowest BCUT2D eigenvalue weighted by atomic mass is 9.86. The van der Waals surface area contributed by atoms with Crippen molar-refractivity contribution in [3.8, 4) is 0 Å². The quantitative estimate of drug-likeness (QED) is 0.392. The van der Waals surface area contributed by atoms with Gasteiger partial charge in [-0.2, -0.15) is 5.10 Å². The molecule has 0 radical (unpaired) electrons. The molecule has 7 heteroatoms. The summed E-state index contributed by atoms with van der Waals surface area (Å²) in [6.07, 6.45) is 0. The first-order chi connectivity index (χ1) is 6.19. The molecule has 0 saturated carbocycles. The molecule has 1 aromatic rings. The second-order valence-electron chi connectivity index (χ2n) is 2.52. The topological polar surface area (TPSA) is 90.5 Å². The zero-order valence-electron chi connectivity index (χ0n) is 7.30. The van der Waals surface area contributed by atoms with Crippen LogP contribution in [0.5, 0.6) is 0 Å². The number of aromatic nitrogens is 2. The molecule has 4 N–H and O–H groups in total. The van der Waals surface area contributed by atoms with Crippen LogP contribution in [0.3, 0.4) is 0 Å². The zero-order valence-corrected chi connectivity index (χ0v) is 7.30. The lowest BCUT2D eigenvalue weighted by Gasteiger charge is -2.02. The smallest absolute Gasteiger partial charge is 0.422 e. The molecule has 72 valence electrons. The first-order valence-corrected chi connectivity index (χ1v) is 3.91. The Bertz CT molecular complexity index is 276. The molecule has 0 unspecified atom stereocenters. The van der Waals surface area contributed by atoms with E-state index in [-0.39, 0.29) is 18.7 Å². The zero-order chi connectivity index (χ0) is 9.84. The highest BCUT2D eigenvalue weighted by atomic mass is 16.4. The van der Waals surface area contributed by atoms with Crippen molar-refractivity contribution in [1.29, 1.82) is 0 Å². The lowest BCUT2D eigenvalue weighted by molar-refractivity contribution is 0.270. The van der Waals surface area contributed by atoms with E-state index in [9.17, 15) is 0 Å². The minimum atomic E-state index is -1.57. The molecule has 0 aromatic carbocycles. The van der Waals surface area contributed by atoms with E-state index >= 15 is 0 Å². The summed E-state index contributed by atoms with van der Waals surface area (Å²) in [6, 6.07) is 1.51. The maximum atomic E-state index is 8.93. The summed E-state index contributed by atoms with van der Waals surface area (Å²) in [7, 11) is 0.111. The summed E-state index contributed by atoms with van der Waals surface area (Å²) in [6.45, 7) is 0.152. The predicted octanol–water partition coefficient (Wildman–Crippen LogP) is -2.40. The van der Waals surface area contributed by atoms with Gasteiger partial charge in [0.25, 0.3) is 0 Å². The van der Waals surface area contributed by atoms with E-state index in [0.717, 1.165) is 0 Å². The number of anilines is 1. The molecule has 1 rings (SSSR count). The Hall–Kier alpha value is -1.05. The molecule has 0 fully saturated rings. The van der Waals surface area contributed by atoms with Gasteiger partial charge in [0.2, 0.25) is 0 Å². The summed E-state index contributed by atoms with van der Waals surface area (Å²) in [5.41, 5.74) is 0.262. The van der Waals surface area contributed by atoms with E-state index in [1.807, 2.05) is 0 Å². The SMILES string of the molecule is CNc1cc(B(O)O)n(CCO)n1. The van der Waals surface area contributed by atoms with Crippen LogP contribution in [0.4, 0.5) is 5.82 Å². The molecule has 0 saturated heterocycles. The van der Waals surface area contributed by atoms with Crippen molar-refractivity contribution in [1.82, 2.24) is 9.78 Å².